The summed E-state index contributed by atoms with van der Waals surface area (Å²) in [5.74, 6) is -0.822. The largest absolute Gasteiger partial charge is 0.466 e. The van der Waals surface area contributed by atoms with Gasteiger partial charge in [-0.15, -0.1) is 0 Å². The van der Waals surface area contributed by atoms with E-state index in [1.54, 1.807) is 0 Å². The van der Waals surface area contributed by atoms with Gasteiger partial charge in [0, 0.05) is 77.1 Å². The van der Waals surface area contributed by atoms with Gasteiger partial charge < -0.3 is 19.4 Å². The summed E-state index contributed by atoms with van der Waals surface area (Å²) < 4.78 is 11.8. The number of aromatic nitrogens is 4. The molecule has 0 radical (unpaired) electrons. The summed E-state index contributed by atoms with van der Waals surface area (Å²) in [6.07, 6.45) is 6.84. The quantitative estimate of drug-likeness (QED) is 0.105. The molecule has 55 heavy (non-hydrogen) atoms. The number of nitrogens with one attached hydrogen (secondary N) is 2. The van der Waals surface area contributed by atoms with Crippen LogP contribution < -0.4 is 0 Å². The molecule has 8 bridgehead atoms. The minimum atomic E-state index is -0.310. The van der Waals surface area contributed by atoms with Gasteiger partial charge in [-0.05, 0) is 82.2 Å². The van der Waals surface area contributed by atoms with Crippen LogP contribution in [-0.4, -0.2) is 68.5 Å². The van der Waals surface area contributed by atoms with E-state index in [0.29, 0.717) is 42.8 Å². The van der Waals surface area contributed by atoms with Crippen LogP contribution in [0.2, 0.25) is 0 Å². The van der Waals surface area contributed by atoms with Crippen LogP contribution in [0, 0.1) is 6.92 Å². The van der Waals surface area contributed by atoms with Crippen molar-refractivity contribution >= 4 is 40.0 Å². The van der Waals surface area contributed by atoms with E-state index in [0.717, 1.165) is 101 Å². The number of hydrogen-bond acceptors (Lipinski definition) is 7. The number of hydrogen-bond donors (Lipinski definition) is 2. The standard InChI is InChI=1S/C45H61N5O5/c1-10-14-15-16-19-50-44(52)40-28(8)35-23-36-30(13-4)25(5)32(46-36)24-37-39(29(9)54-20-11-2)27(7)34(47-37)22-33-26(6)31(17-18-38(51)55-21-12-3)42(48-33)41(45(50)53)43(40)49-35/h22-26,29-31,48-49H,10-21H2,1-9H3/t25-,26+,29?,30-,31+/m1/s1. The SMILES string of the molecule is CCCCCCN1C(=O)c2c3[nH]c(cc4nc(cc5nc(cc6[nH]c2c(c6C)C1=O)[C@H](CC)[C@H]5C)C(C(C)OCCC)=C4C)[C@@H](C)[C@@H]3CCC(=O)OCCC. The van der Waals surface area contributed by atoms with Crippen LogP contribution in [0.25, 0.3) is 22.2 Å². The van der Waals surface area contributed by atoms with Crippen LogP contribution >= 0.6 is 0 Å². The minimum absolute atomic E-state index is 0.0897. The van der Waals surface area contributed by atoms with Gasteiger partial charge in [0.1, 0.15) is 0 Å². The predicted molar refractivity (Wildman–Crippen MR) is 218 cm³/mol. The van der Waals surface area contributed by atoms with Gasteiger partial charge in [-0.2, -0.15) is 0 Å². The van der Waals surface area contributed by atoms with Crippen LogP contribution in [0.4, 0.5) is 0 Å². The molecule has 0 spiro atoms. The maximum atomic E-state index is 14.8. The fourth-order valence-electron chi connectivity index (χ4n) is 8.87. The molecule has 4 aliphatic rings. The van der Waals surface area contributed by atoms with Crippen LogP contribution in [0.3, 0.4) is 0 Å². The number of rotatable bonds is 15. The number of esters is 1. The predicted octanol–water partition coefficient (Wildman–Crippen LogP) is 10.2. The molecule has 6 heterocycles. The molecule has 4 aliphatic heterocycles. The molecule has 0 saturated heterocycles. The van der Waals surface area contributed by atoms with Gasteiger partial charge in [-0.1, -0.05) is 60.8 Å². The first kappa shape index (κ1) is 40.4. The van der Waals surface area contributed by atoms with Gasteiger partial charge in [0.05, 0.1) is 40.7 Å². The first-order chi connectivity index (χ1) is 26.4. The molecule has 0 aliphatic carbocycles. The molecular weight excluding hydrogens is 691 g/mol. The van der Waals surface area contributed by atoms with E-state index < -0.39 is 0 Å². The number of carbonyl (C=O) groups is 3. The number of aryl methyl sites for hydroxylation is 1. The maximum Gasteiger partial charge on any atom is 0.305 e. The molecule has 2 aromatic rings. The van der Waals surface area contributed by atoms with Crippen LogP contribution in [0.15, 0.2) is 18.2 Å². The zero-order valence-corrected chi connectivity index (χ0v) is 34.5. The summed E-state index contributed by atoms with van der Waals surface area (Å²) in [6.45, 7) is 20.3. The smallest absolute Gasteiger partial charge is 0.305 e. The lowest BCUT2D eigenvalue weighted by molar-refractivity contribution is -0.143. The van der Waals surface area contributed by atoms with Gasteiger partial charge in [-0.3, -0.25) is 24.3 Å². The van der Waals surface area contributed by atoms with Crippen molar-refractivity contribution in [1.29, 1.82) is 0 Å². The molecule has 2 N–H and O–H groups in total. The summed E-state index contributed by atoms with van der Waals surface area (Å²) in [6, 6.07) is 6.32. The molecule has 10 nitrogen and oxygen atoms in total. The molecule has 0 aromatic carbocycles. The second-order valence-corrected chi connectivity index (χ2v) is 15.9. The van der Waals surface area contributed by atoms with E-state index in [-0.39, 0.29) is 54.0 Å². The van der Waals surface area contributed by atoms with Crippen LogP contribution in [0.1, 0.15) is 197 Å². The summed E-state index contributed by atoms with van der Waals surface area (Å²) in [5.41, 5.74) is 10.4. The first-order valence-electron chi connectivity index (χ1n) is 20.9. The first-order valence-corrected chi connectivity index (χ1v) is 20.9. The molecule has 1 unspecified atom stereocenters. The number of carbonyl (C=O) groups excluding carboxylic acids is 3. The van der Waals surface area contributed by atoms with Crippen molar-refractivity contribution in [2.45, 2.75) is 150 Å². The molecular formula is C45H61N5O5. The highest BCUT2D eigenvalue weighted by atomic mass is 16.5. The van der Waals surface area contributed by atoms with Gasteiger partial charge in [0.2, 0.25) is 0 Å². The van der Waals surface area contributed by atoms with Crippen molar-refractivity contribution in [3.63, 3.8) is 0 Å². The number of aromatic amines is 2. The Bertz CT molecular complexity index is 2040. The van der Waals surface area contributed by atoms with E-state index in [1.165, 1.54) is 4.90 Å². The Morgan fingerprint density at radius 3 is 2.29 bits per heavy atom. The van der Waals surface area contributed by atoms with Crippen molar-refractivity contribution in [2.24, 2.45) is 0 Å². The van der Waals surface area contributed by atoms with Crippen molar-refractivity contribution in [3.05, 3.63) is 69.1 Å². The normalized spacial score (nSPS) is 20.6. The molecule has 6 rings (SSSR count). The zero-order chi connectivity index (χ0) is 39.6. The fraction of sp³-hybridized carbons (Fsp3) is 0.578. The van der Waals surface area contributed by atoms with Crippen molar-refractivity contribution in [3.8, 4) is 0 Å². The van der Waals surface area contributed by atoms with E-state index in [1.807, 2.05) is 13.8 Å². The molecule has 2 amide bonds. The lowest BCUT2D eigenvalue weighted by Gasteiger charge is -2.27. The highest BCUT2D eigenvalue weighted by Crippen LogP contribution is 2.46. The summed E-state index contributed by atoms with van der Waals surface area (Å²) >= 11 is 0. The Hall–Kier alpha value is -4.31. The number of unbranched alkanes of at least 4 members (excludes halogenated alkanes) is 3. The minimum Gasteiger partial charge on any atom is -0.466 e. The summed E-state index contributed by atoms with van der Waals surface area (Å²) in [4.78, 5) is 61.4. The summed E-state index contributed by atoms with van der Waals surface area (Å²) in [7, 11) is 0. The number of ether oxygens (including phenoxy) is 2. The lowest BCUT2D eigenvalue weighted by atomic mass is 9.84. The highest BCUT2D eigenvalue weighted by Gasteiger charge is 2.41. The van der Waals surface area contributed by atoms with Crippen molar-refractivity contribution in [1.82, 2.24) is 24.8 Å². The highest BCUT2D eigenvalue weighted by molar-refractivity contribution is 6.23. The van der Waals surface area contributed by atoms with Gasteiger partial charge in [-0.25, -0.2) is 4.98 Å². The third-order valence-corrected chi connectivity index (χ3v) is 12.1. The lowest BCUT2D eigenvalue weighted by Crippen LogP contribution is -2.41. The summed E-state index contributed by atoms with van der Waals surface area (Å²) in [5, 5.41) is 0. The molecule has 2 aromatic heterocycles. The number of H-pyrrole nitrogens is 2. The number of amides is 2. The maximum absolute atomic E-state index is 14.8. The Morgan fingerprint density at radius 2 is 1.58 bits per heavy atom. The monoisotopic (exact) mass is 751 g/mol. The van der Waals surface area contributed by atoms with Gasteiger partial charge >= 0.3 is 5.97 Å². The number of nitrogens with zero attached hydrogens (tertiary/aromatic N) is 3. The Kier molecular flexibility index (Phi) is 12.6. The van der Waals surface area contributed by atoms with Crippen LogP contribution in [-0.2, 0) is 14.3 Å². The third-order valence-electron chi connectivity index (χ3n) is 12.1. The van der Waals surface area contributed by atoms with E-state index in [9.17, 15) is 14.4 Å². The Balaban J connectivity index is 1.67. The average molecular weight is 752 g/mol. The van der Waals surface area contributed by atoms with Crippen LogP contribution in [0.5, 0.6) is 0 Å². The molecule has 296 valence electrons. The molecule has 5 atom stereocenters. The van der Waals surface area contributed by atoms with E-state index in [2.05, 4.69) is 76.6 Å². The molecule has 10 heteroatoms. The average Bonchev–Trinajstić information content (AvgIpc) is 3.85. The second-order valence-electron chi connectivity index (χ2n) is 15.9. The third kappa shape index (κ3) is 7.76. The Morgan fingerprint density at radius 1 is 0.836 bits per heavy atom. The number of fused-ring (bicyclic) bond motifs is 8. The number of allylic oxidation sites excluding steroid dienone is 1. The zero-order valence-electron chi connectivity index (χ0n) is 34.5. The number of imide groups is 1. The van der Waals surface area contributed by atoms with E-state index >= 15 is 0 Å². The van der Waals surface area contributed by atoms with Gasteiger partial charge in [0.15, 0.2) is 0 Å². The Labute approximate surface area is 326 Å². The van der Waals surface area contributed by atoms with Gasteiger partial charge in [0.25, 0.3) is 11.8 Å². The molecule has 0 fully saturated rings. The molecule has 0 saturated carbocycles. The topological polar surface area (TPSA) is 130 Å². The fourth-order valence-corrected chi connectivity index (χ4v) is 8.87. The second kappa shape index (κ2) is 17.2. The van der Waals surface area contributed by atoms with E-state index in [4.69, 9.17) is 19.4 Å². The van der Waals surface area contributed by atoms with Crippen molar-refractivity contribution < 1.29 is 23.9 Å². The van der Waals surface area contributed by atoms with Crippen molar-refractivity contribution in [2.75, 3.05) is 19.8 Å².